The monoisotopic (exact) mass is 220 g/mol. The number of nitrogens with zero attached hydrogens (tertiary/aromatic N) is 1. The van der Waals surface area contributed by atoms with Crippen LogP contribution in [0.15, 0.2) is 18.3 Å². The van der Waals surface area contributed by atoms with E-state index in [0.717, 1.165) is 6.07 Å². The highest BCUT2D eigenvalue weighted by Gasteiger charge is 2.35. The fraction of sp³-hybridized carbons (Fsp3) is 0.444. The highest BCUT2D eigenvalue weighted by molar-refractivity contribution is 5.25. The maximum atomic E-state index is 12.5. The number of alkyl halides is 3. The van der Waals surface area contributed by atoms with Gasteiger partial charge in [0.2, 0.25) is 0 Å². The molecule has 1 aromatic rings. The normalized spacial score (nSPS) is 13.9. The molecule has 0 spiro atoms. The number of pyridine rings is 1. The van der Waals surface area contributed by atoms with Gasteiger partial charge in [-0.15, -0.1) is 0 Å². The SMILES string of the molecule is NC(CCO)c1ncccc1C(F)(F)F. The van der Waals surface area contributed by atoms with Crippen LogP contribution in [0.1, 0.15) is 23.7 Å². The number of hydrogen-bond donors (Lipinski definition) is 2. The minimum atomic E-state index is -4.46. The van der Waals surface area contributed by atoms with Crippen LogP contribution >= 0.6 is 0 Å². The molecule has 1 aromatic heterocycles. The molecular formula is C9H11F3N2O. The van der Waals surface area contributed by atoms with Crippen LogP contribution in [0.25, 0.3) is 0 Å². The molecule has 3 N–H and O–H groups in total. The van der Waals surface area contributed by atoms with Gasteiger partial charge in [0, 0.05) is 18.8 Å². The first kappa shape index (κ1) is 11.9. The van der Waals surface area contributed by atoms with Crippen molar-refractivity contribution in [1.29, 1.82) is 0 Å². The van der Waals surface area contributed by atoms with Gasteiger partial charge in [0.25, 0.3) is 0 Å². The third kappa shape index (κ3) is 2.90. The van der Waals surface area contributed by atoms with E-state index in [9.17, 15) is 13.2 Å². The van der Waals surface area contributed by atoms with E-state index >= 15 is 0 Å². The molecular weight excluding hydrogens is 209 g/mol. The van der Waals surface area contributed by atoms with Gasteiger partial charge in [-0.3, -0.25) is 4.98 Å². The van der Waals surface area contributed by atoms with Crippen LogP contribution in [-0.4, -0.2) is 16.7 Å². The first-order valence-corrected chi connectivity index (χ1v) is 4.35. The summed E-state index contributed by atoms with van der Waals surface area (Å²) in [7, 11) is 0. The fourth-order valence-corrected chi connectivity index (χ4v) is 1.23. The van der Waals surface area contributed by atoms with Gasteiger partial charge >= 0.3 is 6.18 Å². The molecule has 1 unspecified atom stereocenters. The minimum Gasteiger partial charge on any atom is -0.396 e. The van der Waals surface area contributed by atoms with E-state index in [2.05, 4.69) is 4.98 Å². The zero-order valence-electron chi connectivity index (χ0n) is 7.83. The lowest BCUT2D eigenvalue weighted by Gasteiger charge is -2.15. The molecule has 0 amide bonds. The molecule has 0 saturated carbocycles. The first-order chi connectivity index (χ1) is 6.96. The molecule has 6 heteroatoms. The van der Waals surface area contributed by atoms with Crippen molar-refractivity contribution >= 4 is 0 Å². The molecule has 0 aliphatic heterocycles. The molecule has 0 aromatic carbocycles. The van der Waals surface area contributed by atoms with Crippen LogP contribution in [0.3, 0.4) is 0 Å². The van der Waals surface area contributed by atoms with E-state index in [1.807, 2.05) is 0 Å². The molecule has 0 bridgehead atoms. The molecule has 1 heterocycles. The molecule has 1 rings (SSSR count). The summed E-state index contributed by atoms with van der Waals surface area (Å²) >= 11 is 0. The summed E-state index contributed by atoms with van der Waals surface area (Å²) < 4.78 is 37.5. The second-order valence-corrected chi connectivity index (χ2v) is 3.05. The Kier molecular flexibility index (Phi) is 3.65. The Morgan fingerprint density at radius 1 is 1.47 bits per heavy atom. The summed E-state index contributed by atoms with van der Waals surface area (Å²) in [5, 5.41) is 8.60. The maximum absolute atomic E-state index is 12.5. The zero-order chi connectivity index (χ0) is 11.5. The number of halogens is 3. The Balaban J connectivity index is 3.06. The topological polar surface area (TPSA) is 59.1 Å². The number of rotatable bonds is 3. The molecule has 0 saturated heterocycles. The molecule has 3 nitrogen and oxygen atoms in total. The smallest absolute Gasteiger partial charge is 0.396 e. The highest BCUT2D eigenvalue weighted by Crippen LogP contribution is 2.33. The summed E-state index contributed by atoms with van der Waals surface area (Å²) in [5.74, 6) is 0. The summed E-state index contributed by atoms with van der Waals surface area (Å²) in [6, 6.07) is 1.24. The van der Waals surface area contributed by atoms with Gasteiger partial charge < -0.3 is 10.8 Å². The van der Waals surface area contributed by atoms with E-state index in [1.165, 1.54) is 12.3 Å². The average Bonchev–Trinajstić information content (AvgIpc) is 2.17. The first-order valence-electron chi connectivity index (χ1n) is 4.35. The lowest BCUT2D eigenvalue weighted by atomic mass is 10.1. The number of nitrogens with two attached hydrogens (primary N) is 1. The van der Waals surface area contributed by atoms with Crippen LogP contribution < -0.4 is 5.73 Å². The van der Waals surface area contributed by atoms with Crippen LogP contribution in [0.4, 0.5) is 13.2 Å². The van der Waals surface area contributed by atoms with Gasteiger partial charge in [-0.2, -0.15) is 13.2 Å². The summed E-state index contributed by atoms with van der Waals surface area (Å²) in [6.07, 6.45) is -3.15. The van der Waals surface area contributed by atoms with E-state index in [-0.39, 0.29) is 18.7 Å². The second-order valence-electron chi connectivity index (χ2n) is 3.05. The summed E-state index contributed by atoms with van der Waals surface area (Å²) in [6.45, 7) is -0.269. The van der Waals surface area contributed by atoms with Crippen molar-refractivity contribution in [3.63, 3.8) is 0 Å². The fourth-order valence-electron chi connectivity index (χ4n) is 1.23. The maximum Gasteiger partial charge on any atom is 0.418 e. The second kappa shape index (κ2) is 4.59. The van der Waals surface area contributed by atoms with Gasteiger partial charge in [0.1, 0.15) is 0 Å². The third-order valence-electron chi connectivity index (χ3n) is 1.94. The molecule has 15 heavy (non-hydrogen) atoms. The minimum absolute atomic E-state index is 0.0556. The zero-order valence-corrected chi connectivity index (χ0v) is 7.83. The number of aliphatic hydroxyl groups excluding tert-OH is 1. The van der Waals surface area contributed by atoms with Crippen LogP contribution in [0.2, 0.25) is 0 Å². The quantitative estimate of drug-likeness (QED) is 0.811. The Hall–Kier alpha value is -1.14. The predicted molar refractivity (Wildman–Crippen MR) is 47.9 cm³/mol. The van der Waals surface area contributed by atoms with Crippen molar-refractivity contribution in [2.45, 2.75) is 18.6 Å². The molecule has 0 aliphatic rings. The molecule has 1 atom stereocenters. The lowest BCUT2D eigenvalue weighted by Crippen LogP contribution is -2.19. The number of aliphatic hydroxyl groups is 1. The van der Waals surface area contributed by atoms with Crippen LogP contribution in [0, 0.1) is 0 Å². The standard InChI is InChI=1S/C9H11F3N2O/c10-9(11,12)6-2-1-4-14-8(6)7(13)3-5-15/h1-2,4,7,15H,3,5,13H2. The summed E-state index contributed by atoms with van der Waals surface area (Å²) in [5.41, 5.74) is 4.42. The Labute approximate surface area is 84.7 Å². The lowest BCUT2D eigenvalue weighted by molar-refractivity contribution is -0.138. The van der Waals surface area contributed by atoms with Crippen molar-refractivity contribution in [3.8, 4) is 0 Å². The number of aromatic nitrogens is 1. The Morgan fingerprint density at radius 3 is 2.67 bits per heavy atom. The third-order valence-corrected chi connectivity index (χ3v) is 1.94. The molecule has 0 fully saturated rings. The molecule has 0 radical (unpaired) electrons. The van der Waals surface area contributed by atoms with Crippen molar-refractivity contribution in [1.82, 2.24) is 4.98 Å². The Bertz CT molecular complexity index is 327. The Morgan fingerprint density at radius 2 is 2.13 bits per heavy atom. The van der Waals surface area contributed by atoms with Gasteiger partial charge in [0.15, 0.2) is 0 Å². The van der Waals surface area contributed by atoms with Crippen molar-refractivity contribution in [3.05, 3.63) is 29.6 Å². The van der Waals surface area contributed by atoms with Crippen molar-refractivity contribution in [2.24, 2.45) is 5.73 Å². The van der Waals surface area contributed by atoms with Crippen molar-refractivity contribution in [2.75, 3.05) is 6.61 Å². The van der Waals surface area contributed by atoms with E-state index in [1.54, 1.807) is 0 Å². The van der Waals surface area contributed by atoms with E-state index < -0.39 is 17.8 Å². The average molecular weight is 220 g/mol. The van der Waals surface area contributed by atoms with Crippen LogP contribution in [-0.2, 0) is 6.18 Å². The van der Waals surface area contributed by atoms with Crippen LogP contribution in [0.5, 0.6) is 0 Å². The molecule has 0 aliphatic carbocycles. The largest absolute Gasteiger partial charge is 0.418 e. The predicted octanol–water partition coefficient (Wildman–Crippen LogP) is 1.48. The van der Waals surface area contributed by atoms with Gasteiger partial charge in [-0.25, -0.2) is 0 Å². The highest BCUT2D eigenvalue weighted by atomic mass is 19.4. The number of hydrogen-bond acceptors (Lipinski definition) is 3. The van der Waals surface area contributed by atoms with Crippen molar-refractivity contribution < 1.29 is 18.3 Å². The van der Waals surface area contributed by atoms with E-state index in [4.69, 9.17) is 10.8 Å². The van der Waals surface area contributed by atoms with E-state index in [0.29, 0.717) is 0 Å². The molecule has 84 valence electrons. The van der Waals surface area contributed by atoms with Gasteiger partial charge in [0.05, 0.1) is 11.3 Å². The van der Waals surface area contributed by atoms with Gasteiger partial charge in [-0.05, 0) is 18.6 Å². The summed E-state index contributed by atoms with van der Waals surface area (Å²) in [4.78, 5) is 3.61. The van der Waals surface area contributed by atoms with Gasteiger partial charge in [-0.1, -0.05) is 0 Å².